The van der Waals surface area contributed by atoms with Gasteiger partial charge in [0.15, 0.2) is 0 Å². The molecule has 0 aliphatic heterocycles. The van der Waals surface area contributed by atoms with Crippen LogP contribution < -0.4 is 10.1 Å². The number of carbonyl (C=O) groups is 1. The predicted molar refractivity (Wildman–Crippen MR) is 88.6 cm³/mol. The second-order valence-corrected chi connectivity index (χ2v) is 6.24. The first-order chi connectivity index (χ1) is 11.1. The number of rotatable bonds is 4. The molecule has 0 saturated heterocycles. The first-order valence-corrected chi connectivity index (χ1v) is 7.71. The summed E-state index contributed by atoms with van der Waals surface area (Å²) in [5, 5.41) is 4.19. The second-order valence-electron chi connectivity index (χ2n) is 6.24. The second kappa shape index (κ2) is 4.91. The molecule has 0 radical (unpaired) electrons. The molecule has 5 heteroatoms. The Hall–Kier alpha value is -2.69. The van der Waals surface area contributed by atoms with Crippen molar-refractivity contribution in [2.75, 3.05) is 7.11 Å². The van der Waals surface area contributed by atoms with Crippen LogP contribution >= 0.6 is 0 Å². The van der Waals surface area contributed by atoms with E-state index in [9.17, 15) is 4.79 Å². The maximum atomic E-state index is 12.6. The van der Waals surface area contributed by atoms with Gasteiger partial charge in [0.2, 0.25) is 0 Å². The number of aromatic nitrogens is 2. The van der Waals surface area contributed by atoms with Crippen LogP contribution in [0.15, 0.2) is 42.7 Å². The molecule has 4 rings (SSSR count). The lowest BCUT2D eigenvalue weighted by Crippen LogP contribution is -2.34. The number of aromatic amines is 1. The number of carbonyl (C=O) groups excluding carboxylic acids is 1. The molecule has 0 spiro atoms. The van der Waals surface area contributed by atoms with Crippen molar-refractivity contribution in [3.8, 4) is 5.75 Å². The molecule has 1 aromatic carbocycles. The molecule has 2 aromatic heterocycles. The fraction of sp³-hybridized carbons (Fsp3) is 0.278. The van der Waals surface area contributed by atoms with Crippen LogP contribution in [0.25, 0.3) is 10.9 Å². The molecule has 5 nitrogen and oxygen atoms in total. The summed E-state index contributed by atoms with van der Waals surface area (Å²) in [6.45, 7) is 0. The lowest BCUT2D eigenvalue weighted by Gasteiger charge is -2.15. The third-order valence-corrected chi connectivity index (χ3v) is 4.56. The minimum Gasteiger partial charge on any atom is -0.497 e. The number of hydrogen-bond donors (Lipinski definition) is 2. The first-order valence-electron chi connectivity index (χ1n) is 7.71. The topological polar surface area (TPSA) is 59.0 Å². The number of methoxy groups -OCH3 is 1. The van der Waals surface area contributed by atoms with Crippen molar-refractivity contribution < 1.29 is 9.53 Å². The number of nitrogens with one attached hydrogen (secondary N) is 2. The van der Waals surface area contributed by atoms with Gasteiger partial charge in [0.25, 0.3) is 5.91 Å². The van der Waals surface area contributed by atoms with Gasteiger partial charge in [-0.3, -0.25) is 4.79 Å². The maximum Gasteiger partial charge on any atom is 0.268 e. The number of hydrogen-bond acceptors (Lipinski definition) is 2. The molecule has 1 aliphatic carbocycles. The number of ether oxygens (including phenoxy) is 1. The normalized spacial score (nSPS) is 15.6. The van der Waals surface area contributed by atoms with E-state index in [-0.39, 0.29) is 11.4 Å². The number of benzene rings is 1. The van der Waals surface area contributed by atoms with Crippen molar-refractivity contribution in [2.24, 2.45) is 7.05 Å². The average Bonchev–Trinajstić information content (AvgIpc) is 2.99. The van der Waals surface area contributed by atoms with E-state index >= 15 is 0 Å². The van der Waals surface area contributed by atoms with Gasteiger partial charge in [0.05, 0.1) is 12.6 Å². The van der Waals surface area contributed by atoms with Crippen LogP contribution in [0.1, 0.15) is 28.9 Å². The van der Waals surface area contributed by atoms with Gasteiger partial charge in [-0.1, -0.05) is 0 Å². The third-order valence-electron chi connectivity index (χ3n) is 4.56. The highest BCUT2D eigenvalue weighted by Crippen LogP contribution is 2.45. The number of nitrogens with zero attached hydrogens (tertiary/aromatic N) is 1. The highest BCUT2D eigenvalue weighted by molar-refractivity contribution is 5.98. The van der Waals surface area contributed by atoms with Gasteiger partial charge < -0.3 is 19.6 Å². The van der Waals surface area contributed by atoms with Crippen molar-refractivity contribution in [1.82, 2.24) is 14.9 Å². The van der Waals surface area contributed by atoms with Gasteiger partial charge in [-0.25, -0.2) is 0 Å². The van der Waals surface area contributed by atoms with E-state index in [0.717, 1.165) is 29.5 Å². The third kappa shape index (κ3) is 2.38. The molecular formula is C18H19N3O2. The van der Waals surface area contributed by atoms with Gasteiger partial charge >= 0.3 is 0 Å². The zero-order valence-corrected chi connectivity index (χ0v) is 13.2. The van der Waals surface area contributed by atoms with Gasteiger partial charge in [-0.2, -0.15) is 0 Å². The summed E-state index contributed by atoms with van der Waals surface area (Å²) >= 11 is 0. The van der Waals surface area contributed by atoms with E-state index in [1.807, 2.05) is 42.1 Å². The largest absolute Gasteiger partial charge is 0.497 e. The van der Waals surface area contributed by atoms with Crippen LogP contribution in [0.3, 0.4) is 0 Å². The molecule has 0 atom stereocenters. The summed E-state index contributed by atoms with van der Waals surface area (Å²) in [7, 11) is 3.63. The molecule has 1 amide bonds. The Labute approximate surface area is 134 Å². The summed E-state index contributed by atoms with van der Waals surface area (Å²) in [5.74, 6) is 0.704. The van der Waals surface area contributed by atoms with E-state index in [2.05, 4.69) is 22.6 Å². The number of fused-ring (bicyclic) bond motifs is 1. The molecule has 0 unspecified atom stereocenters. The molecule has 0 bridgehead atoms. The maximum absolute atomic E-state index is 12.6. The zero-order chi connectivity index (χ0) is 16.0. The Morgan fingerprint density at radius 3 is 2.78 bits per heavy atom. The summed E-state index contributed by atoms with van der Waals surface area (Å²) in [6.07, 6.45) is 6.05. The summed E-state index contributed by atoms with van der Waals surface area (Å²) in [4.78, 5) is 15.8. The van der Waals surface area contributed by atoms with Crippen LogP contribution in [0.5, 0.6) is 5.75 Å². The summed E-state index contributed by atoms with van der Waals surface area (Å²) in [5.41, 5.74) is 2.45. The average molecular weight is 309 g/mol. The van der Waals surface area contributed by atoms with E-state index in [4.69, 9.17) is 4.74 Å². The number of H-pyrrole nitrogens is 1. The minimum absolute atomic E-state index is 0.0680. The Kier molecular flexibility index (Phi) is 2.98. The van der Waals surface area contributed by atoms with Crippen molar-refractivity contribution in [3.05, 3.63) is 54.0 Å². The van der Waals surface area contributed by atoms with Crippen LogP contribution in [0, 0.1) is 0 Å². The van der Waals surface area contributed by atoms with Gasteiger partial charge in [-0.15, -0.1) is 0 Å². The first kappa shape index (κ1) is 13.9. The smallest absolute Gasteiger partial charge is 0.268 e. The molecule has 23 heavy (non-hydrogen) atoms. The Balaban J connectivity index is 1.60. The molecule has 2 N–H and O–H groups in total. The molecule has 1 saturated carbocycles. The number of amides is 1. The molecule has 118 valence electrons. The van der Waals surface area contributed by atoms with Crippen LogP contribution in [0.2, 0.25) is 0 Å². The van der Waals surface area contributed by atoms with Crippen molar-refractivity contribution in [1.29, 1.82) is 0 Å². The zero-order valence-electron chi connectivity index (χ0n) is 13.2. The van der Waals surface area contributed by atoms with Crippen molar-refractivity contribution in [2.45, 2.75) is 18.4 Å². The van der Waals surface area contributed by atoms with E-state index in [1.54, 1.807) is 7.11 Å². The predicted octanol–water partition coefficient (Wildman–Crippen LogP) is 2.93. The Morgan fingerprint density at radius 2 is 2.13 bits per heavy atom. The lowest BCUT2D eigenvalue weighted by atomic mass is 10.1. The molecule has 1 aliphatic rings. The van der Waals surface area contributed by atoms with E-state index in [1.165, 1.54) is 5.56 Å². The molecule has 1 fully saturated rings. The van der Waals surface area contributed by atoms with Crippen LogP contribution in [0.4, 0.5) is 0 Å². The van der Waals surface area contributed by atoms with E-state index < -0.39 is 0 Å². The standard InChI is InChI=1S/C18H19N3O2/c1-21-8-5-13(11-21)18(6-7-18)20-17(22)16-9-12-3-4-14(23-2)10-15(12)19-16/h3-5,8-11,19H,6-7H2,1-2H3,(H,20,22). The number of aryl methyl sites for hydroxylation is 1. The minimum atomic E-state index is -0.201. The molecule has 3 aromatic rings. The molecular weight excluding hydrogens is 290 g/mol. The van der Waals surface area contributed by atoms with Crippen LogP contribution in [-0.2, 0) is 12.6 Å². The van der Waals surface area contributed by atoms with Crippen molar-refractivity contribution in [3.63, 3.8) is 0 Å². The SMILES string of the molecule is COc1ccc2cc(C(=O)NC3(c4ccn(C)c4)CC3)[nH]c2c1. The fourth-order valence-corrected chi connectivity index (χ4v) is 3.04. The Bertz CT molecular complexity index is 887. The summed E-state index contributed by atoms with van der Waals surface area (Å²) in [6, 6.07) is 9.69. The fourth-order valence-electron chi connectivity index (χ4n) is 3.04. The van der Waals surface area contributed by atoms with Crippen molar-refractivity contribution >= 4 is 16.8 Å². The van der Waals surface area contributed by atoms with E-state index in [0.29, 0.717) is 5.69 Å². The summed E-state index contributed by atoms with van der Waals surface area (Å²) < 4.78 is 7.23. The highest BCUT2D eigenvalue weighted by atomic mass is 16.5. The highest BCUT2D eigenvalue weighted by Gasteiger charge is 2.46. The Morgan fingerprint density at radius 1 is 1.30 bits per heavy atom. The van der Waals surface area contributed by atoms with Crippen LogP contribution in [-0.4, -0.2) is 22.6 Å². The van der Waals surface area contributed by atoms with Gasteiger partial charge in [0.1, 0.15) is 11.4 Å². The quantitative estimate of drug-likeness (QED) is 0.778. The molecule has 2 heterocycles. The van der Waals surface area contributed by atoms with Gasteiger partial charge in [-0.05, 0) is 42.7 Å². The lowest BCUT2D eigenvalue weighted by molar-refractivity contribution is 0.0926. The van der Waals surface area contributed by atoms with Gasteiger partial charge in [0, 0.05) is 36.4 Å². The monoisotopic (exact) mass is 309 g/mol.